The van der Waals surface area contributed by atoms with Gasteiger partial charge < -0.3 is 30.4 Å². The molecule has 24 heteroatoms. The Morgan fingerprint density at radius 3 is 1.19 bits per heavy atom. The average Bonchev–Trinajstić information content (AvgIpc) is 0.810. The van der Waals surface area contributed by atoms with Crippen molar-refractivity contribution in [2.24, 2.45) is 34.7 Å². The van der Waals surface area contributed by atoms with E-state index in [4.69, 9.17) is 38.2 Å². The molecule has 12 aromatic rings. The number of ether oxygens (including phenoxy) is 3. The summed E-state index contributed by atoms with van der Waals surface area (Å²) >= 11 is 13.7. The van der Waals surface area contributed by atoms with Gasteiger partial charge in [0.05, 0.1) is 78.9 Å². The number of nitrogen functional groups attached to an aromatic ring is 1. The van der Waals surface area contributed by atoms with E-state index in [1.807, 2.05) is 210 Å². The summed E-state index contributed by atoms with van der Waals surface area (Å²) in [6, 6.07) is 78.3. The largest absolute Gasteiger partial charge is 0.509 e. The quantitative estimate of drug-likeness (QED) is 0.0262. The normalized spacial score (nSPS) is 12.6. The van der Waals surface area contributed by atoms with E-state index in [-0.39, 0.29) is 39.2 Å². The molecular formula is C122H156Br4N10O8S2. The van der Waals surface area contributed by atoms with Gasteiger partial charge in [-0.05, 0) is 355 Å². The minimum atomic E-state index is -1.18. The Hall–Kier alpha value is -10.7. The zero-order chi connectivity index (χ0) is 109. The molecule has 0 radical (unpaired) electrons. The first-order chi connectivity index (χ1) is 68.8. The number of nitrogens with zero attached hydrogens (tertiary/aromatic N) is 6. The van der Waals surface area contributed by atoms with E-state index in [1.54, 1.807) is 19.1 Å². The second-order valence-corrected chi connectivity index (χ2v) is 48.2. The van der Waals surface area contributed by atoms with Crippen molar-refractivity contribution in [2.75, 3.05) is 5.73 Å². The van der Waals surface area contributed by atoms with E-state index in [2.05, 4.69) is 268 Å². The van der Waals surface area contributed by atoms with Crippen molar-refractivity contribution in [1.29, 1.82) is 10.5 Å². The highest BCUT2D eigenvalue weighted by Gasteiger charge is 2.23. The van der Waals surface area contributed by atoms with Crippen molar-refractivity contribution in [2.45, 2.75) is 297 Å². The van der Waals surface area contributed by atoms with Crippen LogP contribution in [-0.2, 0) is 96.1 Å². The minimum absolute atomic E-state index is 0.0362. The molecule has 0 saturated heterocycles. The number of hydrogen-bond acceptors (Lipinski definition) is 13. The van der Waals surface area contributed by atoms with Gasteiger partial charge in [-0.15, -0.1) is 0 Å². The fraction of sp³-hybridized carbons (Fsp3) is 0.410. The molecule has 0 aliphatic rings. The third-order valence-electron chi connectivity index (χ3n) is 23.2. The number of benzene rings is 10. The maximum absolute atomic E-state index is 11.9. The lowest BCUT2D eigenvalue weighted by Crippen LogP contribution is -2.39. The fourth-order valence-electron chi connectivity index (χ4n) is 14.4. The molecule has 0 aliphatic heterocycles. The van der Waals surface area contributed by atoms with Gasteiger partial charge in [-0.25, -0.2) is 32.6 Å². The number of nitriles is 2. The average molecular weight is 2270 g/mol. The summed E-state index contributed by atoms with van der Waals surface area (Å²) in [5.74, 6) is 5.65. The van der Waals surface area contributed by atoms with Crippen LogP contribution in [0.25, 0.3) is 31.5 Å². The van der Waals surface area contributed by atoms with Gasteiger partial charge in [-0.2, -0.15) is 10.5 Å². The van der Waals surface area contributed by atoms with Crippen LogP contribution in [0.4, 0.5) is 22.0 Å². The highest BCUT2D eigenvalue weighted by molar-refractivity contribution is 9.11. The van der Waals surface area contributed by atoms with Crippen LogP contribution < -0.4 is 30.4 Å². The molecule has 0 fully saturated rings. The number of carbonyl (C=O) groups excluding carboxylic acids is 2. The number of aromatic hydroxyl groups is 1. The number of ketones is 1. The molecule has 9 atom stereocenters. The summed E-state index contributed by atoms with van der Waals surface area (Å²) < 4.78 is 46.5. The van der Waals surface area contributed by atoms with E-state index in [1.165, 1.54) is 63.0 Å². The number of phenolic OH excluding ortho intramolecular Hbond substituents is 1. The lowest BCUT2D eigenvalue weighted by molar-refractivity contribution is -0.116. The van der Waals surface area contributed by atoms with Gasteiger partial charge in [0.15, 0.2) is 11.4 Å². The van der Waals surface area contributed by atoms with Crippen LogP contribution in [0.3, 0.4) is 0 Å². The molecule has 9 unspecified atom stereocenters. The Morgan fingerprint density at radius 1 is 0.445 bits per heavy atom. The van der Waals surface area contributed by atoms with E-state index >= 15 is 0 Å². The number of pyridine rings is 2. The molecule has 782 valence electrons. The maximum Gasteiger partial charge on any atom is 0.407 e. The second-order valence-electron chi connectivity index (χ2n) is 40.7. The number of carbonyl (C=O) groups is 2. The van der Waals surface area contributed by atoms with Gasteiger partial charge in [0.1, 0.15) is 47.7 Å². The topological polar surface area (TPSA) is 274 Å². The number of fused-ring (bicyclic) bond motifs is 2. The number of hydrogen-bond donors (Lipinski definition) is 5. The zero-order valence-electron chi connectivity index (χ0n) is 90.5. The number of nitrogens with two attached hydrogens (primary N) is 2. The summed E-state index contributed by atoms with van der Waals surface area (Å²) in [6.07, 6.45) is 12.7. The molecule has 7 N–H and O–H groups in total. The van der Waals surface area contributed by atoms with Crippen LogP contribution in [0.2, 0.25) is 0 Å². The van der Waals surface area contributed by atoms with Crippen LogP contribution in [0.15, 0.2) is 242 Å². The molecule has 12 rings (SSSR count). The molecule has 0 saturated carbocycles. The van der Waals surface area contributed by atoms with Crippen LogP contribution in [-0.4, -0.2) is 62.5 Å². The third-order valence-corrected chi connectivity index (χ3v) is 28.1. The molecule has 2 heterocycles. The number of alkyl carbamates (subject to hydrolysis) is 1. The Balaban J connectivity index is 0.000000351. The fourth-order valence-corrected chi connectivity index (χ4v) is 17.0. The van der Waals surface area contributed by atoms with Crippen LogP contribution in [0.1, 0.15) is 268 Å². The van der Waals surface area contributed by atoms with Crippen molar-refractivity contribution in [3.63, 3.8) is 0 Å². The lowest BCUT2D eigenvalue weighted by atomic mass is 9.97. The standard InChI is InChI=1S/C24H26N2O.C23H25N3O.C14H20BrNO2.C13H20BrNOS.C12H15NO.C12H15N.C11H15Br.C9H9BrO.C4H11NOS/c1-5-16(2)8-20-10-21(14-25)12-22(11-20)27-15-19-6-7-23-17(3)9-18(4)26-24(23)13-19;1-4-15(2)7-18-9-19(13-24)11-20(10-18)27-14-17-5-6-21-16(3)8-23(25)26-22(21)12-17;1-10(16-13(17)18-14(2,3)4)8-11-6-5-7-12(15)9-11;1-10(15-17(16)13(2,3)4)8-11-6-5-7-12(14)9-11;1-4-9(2)5-10-6-11(13-3)8-12(14)7-10;1-4-10(2)8-11-6-5-7-12(9-11)13-3;1-3-9(2)7-10-5-4-6-11(12)8-10;1-7(11)5-8-3-2-4-9(10)6-8;1-4(2,3)7(5)6/h6-7,9-13,16H,5,8,15H2,1-4H3;5-6,8-12,15H,4,7,14H2,1-3H3,(H2,25,26);5-7,9-10H,8H2,1-4H3,(H,16,17);5-7,9-10,15H,8H2,1-4H3;6-9,14H,4-5H2,1-2H3;5-7,9-10H,4,8H2,1-2H3;4-6,8-9H,3,7H2,1-2H3;2-4,6H,5H2,1H3;5H2,1-3H3. The summed E-state index contributed by atoms with van der Waals surface area (Å²) in [5.41, 5.74) is 24.8. The lowest BCUT2D eigenvalue weighted by Gasteiger charge is -2.22. The Kier molecular flexibility index (Phi) is 57.5. The highest BCUT2D eigenvalue weighted by Crippen LogP contribution is 2.31. The number of Topliss-reactive ketones (excluding diaryl/α,β-unsaturated/α-hetero) is 1. The first-order valence-corrected chi connectivity index (χ1v) is 55.6. The molecule has 0 aliphatic carbocycles. The van der Waals surface area contributed by atoms with Gasteiger partial charge in [0, 0.05) is 52.9 Å². The number of halogens is 4. The predicted molar refractivity (Wildman–Crippen MR) is 626 cm³/mol. The van der Waals surface area contributed by atoms with Gasteiger partial charge in [-0.1, -0.05) is 279 Å². The van der Waals surface area contributed by atoms with Crippen molar-refractivity contribution >= 4 is 137 Å². The smallest absolute Gasteiger partial charge is 0.407 e. The third kappa shape index (κ3) is 52.7. The summed E-state index contributed by atoms with van der Waals surface area (Å²) in [6.45, 7) is 65.5. The van der Waals surface area contributed by atoms with Crippen molar-refractivity contribution < 1.29 is 37.3 Å². The van der Waals surface area contributed by atoms with Crippen molar-refractivity contribution in [3.05, 3.63) is 349 Å². The molecule has 0 bridgehead atoms. The minimum Gasteiger partial charge on any atom is -0.509 e. The number of anilines is 1. The predicted octanol–water partition coefficient (Wildman–Crippen LogP) is 32.8. The Bertz CT molecular complexity index is 6180. The SMILES string of the molecule is CC(=O)Cc1cccc(Br)c1.CC(C)(C)S(N)=O.CC(Cc1cccc(Br)c1)NC(=O)OC(C)(C)C.CC(Cc1cccc(Br)c1)NS(=O)C(C)(C)C.CCC(C)Cc1cc(C#N)cc(OCc2ccc3c(C)cc(C)nc3c2)c1.CCC(C)Cc1cc(C#N)cc(OCc2ccc3c(C)cc(N)nc3c2)c1.CCC(C)Cc1cccc(Br)c1.[C-]#[N+]c1cc(O)cc(CC(C)CC)c1.[C-]#[N+]c1cccc(CC(C)CC)c1. The van der Waals surface area contributed by atoms with Crippen LogP contribution >= 0.6 is 63.7 Å². The first-order valence-electron chi connectivity index (χ1n) is 50.1. The molecular weight excluding hydrogens is 2120 g/mol. The monoisotopic (exact) mass is 2270 g/mol. The molecule has 10 aromatic carbocycles. The van der Waals surface area contributed by atoms with Gasteiger partial charge in [0.25, 0.3) is 0 Å². The number of aryl methyl sites for hydroxylation is 3. The van der Waals surface area contributed by atoms with E-state index < -0.39 is 27.6 Å². The zero-order valence-corrected chi connectivity index (χ0v) is 98.5. The summed E-state index contributed by atoms with van der Waals surface area (Å²) in [5, 5.41) is 38.1. The van der Waals surface area contributed by atoms with Crippen LogP contribution in [0, 0.1) is 86.2 Å². The number of nitrogens with one attached hydrogen (secondary N) is 2. The molecule has 2 aromatic heterocycles. The van der Waals surface area contributed by atoms with E-state index in [0.717, 1.165) is 155 Å². The van der Waals surface area contributed by atoms with Crippen molar-refractivity contribution in [1.82, 2.24) is 20.0 Å². The van der Waals surface area contributed by atoms with Gasteiger partial charge >= 0.3 is 6.09 Å². The van der Waals surface area contributed by atoms with Crippen LogP contribution in [0.5, 0.6) is 17.2 Å². The van der Waals surface area contributed by atoms with E-state index in [0.29, 0.717) is 65.9 Å². The molecule has 0 spiro atoms. The number of aromatic nitrogens is 2. The molecule has 18 nitrogen and oxygen atoms in total. The summed E-state index contributed by atoms with van der Waals surface area (Å²) in [4.78, 5) is 38.1. The van der Waals surface area contributed by atoms with E-state index in [9.17, 15) is 33.6 Å². The van der Waals surface area contributed by atoms with Gasteiger partial charge in [-0.3, -0.25) is 14.9 Å². The van der Waals surface area contributed by atoms with Gasteiger partial charge in [0.2, 0.25) is 0 Å². The maximum atomic E-state index is 11.9. The molecule has 146 heavy (non-hydrogen) atoms. The number of phenols is 1. The highest BCUT2D eigenvalue weighted by atomic mass is 79.9. The number of amides is 1. The summed E-state index contributed by atoms with van der Waals surface area (Å²) in [7, 11) is -2.19. The Labute approximate surface area is 912 Å². The van der Waals surface area contributed by atoms with Crippen molar-refractivity contribution in [3.8, 4) is 29.4 Å². The first kappa shape index (κ1) is 128. The Morgan fingerprint density at radius 2 is 0.808 bits per heavy atom. The molecule has 1 amide bonds. The number of rotatable bonds is 30. The second kappa shape index (κ2) is 65.9.